The van der Waals surface area contributed by atoms with Crippen molar-refractivity contribution in [1.82, 2.24) is 4.90 Å². The molecule has 3 amide bonds. The van der Waals surface area contributed by atoms with Gasteiger partial charge in [0.15, 0.2) is 0 Å². The summed E-state index contributed by atoms with van der Waals surface area (Å²) in [5, 5.41) is 14.7. The number of phenolic OH excluding ortho intramolecular Hbond substituents is 1. The van der Waals surface area contributed by atoms with Crippen LogP contribution in [0.2, 0.25) is 0 Å². The van der Waals surface area contributed by atoms with Crippen LogP contribution in [0.25, 0.3) is 0 Å². The van der Waals surface area contributed by atoms with Crippen LogP contribution in [0.5, 0.6) is 5.75 Å². The molecular formula is C18H18FN3O3. The number of fused-ring (bicyclic) bond motifs is 1. The van der Waals surface area contributed by atoms with E-state index in [0.29, 0.717) is 25.2 Å². The molecule has 0 fully saturated rings. The van der Waals surface area contributed by atoms with Crippen LogP contribution in [-0.2, 0) is 17.8 Å². The second-order valence-electron chi connectivity index (χ2n) is 5.93. The molecule has 0 saturated carbocycles. The molecule has 2 aromatic rings. The quantitative estimate of drug-likeness (QED) is 0.784. The van der Waals surface area contributed by atoms with E-state index < -0.39 is 11.8 Å². The van der Waals surface area contributed by atoms with Gasteiger partial charge in [-0.15, -0.1) is 0 Å². The van der Waals surface area contributed by atoms with E-state index in [1.165, 1.54) is 25.1 Å². The maximum absolute atomic E-state index is 13.9. The van der Waals surface area contributed by atoms with E-state index in [-0.39, 0.29) is 17.3 Å². The summed E-state index contributed by atoms with van der Waals surface area (Å²) in [5.41, 5.74) is 2.35. The Kier molecular flexibility index (Phi) is 4.56. The summed E-state index contributed by atoms with van der Waals surface area (Å²) in [5.74, 6) is -0.719. The number of aromatic hydroxyl groups is 1. The van der Waals surface area contributed by atoms with Gasteiger partial charge in [-0.05, 0) is 47.9 Å². The average Bonchev–Trinajstić information content (AvgIpc) is 2.56. The maximum atomic E-state index is 13.9. The van der Waals surface area contributed by atoms with Crippen molar-refractivity contribution in [3.63, 3.8) is 0 Å². The molecule has 130 valence electrons. The lowest BCUT2D eigenvalue weighted by Gasteiger charge is -2.29. The van der Waals surface area contributed by atoms with Gasteiger partial charge in [-0.3, -0.25) is 4.79 Å². The minimum absolute atomic E-state index is 0.00189. The summed E-state index contributed by atoms with van der Waals surface area (Å²) < 4.78 is 13.9. The van der Waals surface area contributed by atoms with E-state index in [9.17, 15) is 19.1 Å². The van der Waals surface area contributed by atoms with E-state index in [0.717, 1.165) is 11.1 Å². The highest BCUT2D eigenvalue weighted by Crippen LogP contribution is 2.25. The number of carbonyl (C=O) groups excluding carboxylic acids is 2. The van der Waals surface area contributed by atoms with E-state index in [4.69, 9.17) is 0 Å². The maximum Gasteiger partial charge on any atom is 0.322 e. The highest BCUT2D eigenvalue weighted by Gasteiger charge is 2.22. The third-order valence-electron chi connectivity index (χ3n) is 4.02. The Morgan fingerprint density at radius 1 is 1.12 bits per heavy atom. The number of nitrogens with one attached hydrogen (secondary N) is 2. The Morgan fingerprint density at radius 2 is 1.92 bits per heavy atom. The minimum atomic E-state index is -0.586. The Hall–Kier alpha value is -3.09. The molecule has 1 aliphatic rings. The van der Waals surface area contributed by atoms with Gasteiger partial charge in [-0.1, -0.05) is 6.07 Å². The van der Waals surface area contributed by atoms with E-state index in [2.05, 4.69) is 10.6 Å². The van der Waals surface area contributed by atoms with Gasteiger partial charge in [0, 0.05) is 25.7 Å². The van der Waals surface area contributed by atoms with Crippen molar-refractivity contribution < 1.29 is 19.1 Å². The van der Waals surface area contributed by atoms with Crippen LogP contribution < -0.4 is 10.6 Å². The zero-order chi connectivity index (χ0) is 18.0. The van der Waals surface area contributed by atoms with Crippen LogP contribution in [-0.4, -0.2) is 28.5 Å². The highest BCUT2D eigenvalue weighted by molar-refractivity contribution is 5.92. The molecule has 0 atom stereocenters. The van der Waals surface area contributed by atoms with Gasteiger partial charge in [0.25, 0.3) is 0 Å². The number of nitrogens with zero attached hydrogens (tertiary/aromatic N) is 1. The van der Waals surface area contributed by atoms with Crippen LogP contribution in [0.15, 0.2) is 36.4 Å². The molecule has 2 aromatic carbocycles. The number of anilines is 2. The molecule has 0 radical (unpaired) electrons. The molecule has 0 unspecified atom stereocenters. The van der Waals surface area contributed by atoms with Crippen LogP contribution in [0.3, 0.4) is 0 Å². The first kappa shape index (κ1) is 16.8. The fourth-order valence-electron chi connectivity index (χ4n) is 2.81. The van der Waals surface area contributed by atoms with Crippen LogP contribution in [0.4, 0.5) is 20.6 Å². The first-order valence-corrected chi connectivity index (χ1v) is 7.86. The largest absolute Gasteiger partial charge is 0.508 e. The molecule has 1 aliphatic heterocycles. The molecule has 3 rings (SSSR count). The summed E-state index contributed by atoms with van der Waals surface area (Å²) in [6.45, 7) is 2.18. The standard InChI is InChI=1S/C18H18FN3O3/c1-11(23)20-14-3-5-16(19)17(9-14)21-18(25)22-7-6-12-2-4-15(24)8-13(12)10-22/h2-5,8-9,24H,6-7,10H2,1H3,(H,20,23)(H,21,25). The second kappa shape index (κ2) is 6.80. The molecule has 1 heterocycles. The number of hydrogen-bond acceptors (Lipinski definition) is 3. The second-order valence-corrected chi connectivity index (χ2v) is 5.93. The fourth-order valence-corrected chi connectivity index (χ4v) is 2.81. The Labute approximate surface area is 144 Å². The highest BCUT2D eigenvalue weighted by atomic mass is 19.1. The lowest BCUT2D eigenvalue weighted by atomic mass is 10.00. The number of benzene rings is 2. The van der Waals surface area contributed by atoms with Crippen LogP contribution in [0, 0.1) is 5.82 Å². The first-order chi connectivity index (χ1) is 11.9. The van der Waals surface area contributed by atoms with Gasteiger partial charge in [-0.25, -0.2) is 9.18 Å². The fraction of sp³-hybridized carbons (Fsp3) is 0.222. The minimum Gasteiger partial charge on any atom is -0.508 e. The monoisotopic (exact) mass is 343 g/mol. The van der Waals surface area contributed by atoms with Crippen molar-refractivity contribution in [1.29, 1.82) is 0 Å². The summed E-state index contributed by atoms with van der Waals surface area (Å²) in [7, 11) is 0. The van der Waals surface area contributed by atoms with E-state index >= 15 is 0 Å². The lowest BCUT2D eigenvalue weighted by molar-refractivity contribution is -0.114. The molecule has 7 heteroatoms. The summed E-state index contributed by atoms with van der Waals surface area (Å²) in [6.07, 6.45) is 0.664. The van der Waals surface area contributed by atoms with Crippen LogP contribution >= 0.6 is 0 Å². The molecule has 25 heavy (non-hydrogen) atoms. The molecule has 0 saturated heterocycles. The third kappa shape index (κ3) is 3.88. The summed E-state index contributed by atoms with van der Waals surface area (Å²) in [4.78, 5) is 25.1. The number of hydrogen-bond donors (Lipinski definition) is 3. The number of phenols is 1. The molecule has 0 spiro atoms. The number of urea groups is 1. The Bertz CT molecular complexity index is 838. The SMILES string of the molecule is CC(=O)Nc1ccc(F)c(NC(=O)N2CCc3ccc(O)cc3C2)c1. The van der Waals surface area contributed by atoms with Gasteiger partial charge in [-0.2, -0.15) is 0 Å². The van der Waals surface area contributed by atoms with Gasteiger partial charge in [0.05, 0.1) is 5.69 Å². The smallest absolute Gasteiger partial charge is 0.322 e. The van der Waals surface area contributed by atoms with Crippen LogP contribution in [0.1, 0.15) is 18.1 Å². The van der Waals surface area contributed by atoms with Crippen molar-refractivity contribution in [3.05, 3.63) is 53.3 Å². The number of amides is 3. The van der Waals surface area contributed by atoms with E-state index in [1.54, 1.807) is 17.0 Å². The molecule has 0 bridgehead atoms. The predicted octanol–water partition coefficient (Wildman–Crippen LogP) is 3.08. The van der Waals surface area contributed by atoms with Gasteiger partial charge in [0.2, 0.25) is 5.91 Å². The van der Waals surface area contributed by atoms with Crippen molar-refractivity contribution in [2.75, 3.05) is 17.2 Å². The van der Waals surface area contributed by atoms with Gasteiger partial charge in [0.1, 0.15) is 11.6 Å². The van der Waals surface area contributed by atoms with Crippen molar-refractivity contribution in [2.45, 2.75) is 19.9 Å². The summed E-state index contributed by atoms with van der Waals surface area (Å²) >= 11 is 0. The van der Waals surface area contributed by atoms with Gasteiger partial charge < -0.3 is 20.6 Å². The first-order valence-electron chi connectivity index (χ1n) is 7.86. The number of carbonyl (C=O) groups is 2. The topological polar surface area (TPSA) is 81.7 Å². The van der Waals surface area contributed by atoms with Crippen molar-refractivity contribution >= 4 is 23.3 Å². The van der Waals surface area contributed by atoms with E-state index in [1.807, 2.05) is 6.07 Å². The lowest BCUT2D eigenvalue weighted by Crippen LogP contribution is -2.39. The normalized spacial score (nSPS) is 13.1. The predicted molar refractivity (Wildman–Crippen MR) is 91.9 cm³/mol. The average molecular weight is 343 g/mol. The molecule has 0 aliphatic carbocycles. The zero-order valence-electron chi connectivity index (χ0n) is 13.7. The van der Waals surface area contributed by atoms with Gasteiger partial charge >= 0.3 is 6.03 Å². The zero-order valence-corrected chi connectivity index (χ0v) is 13.7. The molecule has 6 nitrogen and oxygen atoms in total. The van der Waals surface area contributed by atoms with Crippen molar-refractivity contribution in [3.8, 4) is 5.75 Å². The molecule has 3 N–H and O–H groups in total. The van der Waals surface area contributed by atoms with Crippen molar-refractivity contribution in [2.24, 2.45) is 0 Å². The molecule has 0 aromatic heterocycles. The Morgan fingerprint density at radius 3 is 2.68 bits per heavy atom. The number of rotatable bonds is 2. The molecular weight excluding hydrogens is 325 g/mol. The Balaban J connectivity index is 1.73. The number of halogens is 1. The third-order valence-corrected chi connectivity index (χ3v) is 4.02. The summed E-state index contributed by atoms with van der Waals surface area (Å²) in [6, 6.07) is 8.64.